The van der Waals surface area contributed by atoms with Crippen LogP contribution in [0.25, 0.3) is 0 Å². The van der Waals surface area contributed by atoms with Gasteiger partial charge in [0.2, 0.25) is 5.91 Å². The number of hydrogen-bond donors (Lipinski definition) is 1. The second kappa shape index (κ2) is 8.75. The third-order valence-electron chi connectivity index (χ3n) is 2.88. The Morgan fingerprint density at radius 3 is 2.27 bits per heavy atom. The van der Waals surface area contributed by atoms with E-state index >= 15 is 0 Å². The quantitative estimate of drug-likeness (QED) is 0.657. The van der Waals surface area contributed by atoms with Gasteiger partial charge in [-0.15, -0.1) is 0 Å². The molecule has 1 amide bonds. The van der Waals surface area contributed by atoms with Crippen LogP contribution in [-0.4, -0.2) is 11.9 Å². The monoisotopic (exact) mass is 213 g/mol. The van der Waals surface area contributed by atoms with Crippen LogP contribution in [0.1, 0.15) is 66.2 Å². The molecule has 90 valence electrons. The van der Waals surface area contributed by atoms with E-state index in [-0.39, 0.29) is 11.8 Å². The van der Waals surface area contributed by atoms with Crippen LogP contribution in [0.2, 0.25) is 0 Å². The summed E-state index contributed by atoms with van der Waals surface area (Å²) in [6, 6.07) is 0.332. The lowest BCUT2D eigenvalue weighted by Gasteiger charge is -2.18. The Hall–Kier alpha value is -0.530. The first kappa shape index (κ1) is 14.5. The highest BCUT2D eigenvalue weighted by atomic mass is 16.1. The average Bonchev–Trinajstić information content (AvgIpc) is 2.19. The molecule has 0 bridgehead atoms. The normalized spacial score (nSPS) is 14.7. The molecule has 0 radical (unpaired) electrons. The molecule has 0 aromatic rings. The molecule has 0 aromatic heterocycles. The summed E-state index contributed by atoms with van der Waals surface area (Å²) in [7, 11) is 0. The molecule has 2 heteroatoms. The SMILES string of the molecule is CCCC[C@@H](CC)C(=O)N[C@H](C)CCC. The number of rotatable bonds is 8. The van der Waals surface area contributed by atoms with Gasteiger partial charge in [0.1, 0.15) is 0 Å². The van der Waals surface area contributed by atoms with Crippen LogP contribution in [0, 0.1) is 5.92 Å². The Kier molecular flexibility index (Phi) is 8.44. The molecule has 0 saturated heterocycles. The van der Waals surface area contributed by atoms with Crippen LogP contribution in [-0.2, 0) is 4.79 Å². The lowest BCUT2D eigenvalue weighted by atomic mass is 9.98. The average molecular weight is 213 g/mol. The van der Waals surface area contributed by atoms with Crippen molar-refractivity contribution in [2.24, 2.45) is 5.92 Å². The van der Waals surface area contributed by atoms with Crippen molar-refractivity contribution in [2.75, 3.05) is 0 Å². The largest absolute Gasteiger partial charge is 0.353 e. The Balaban J connectivity index is 3.91. The number of amides is 1. The highest BCUT2D eigenvalue weighted by Gasteiger charge is 2.16. The third kappa shape index (κ3) is 6.53. The summed E-state index contributed by atoms with van der Waals surface area (Å²) in [4.78, 5) is 11.9. The van der Waals surface area contributed by atoms with Crippen molar-refractivity contribution in [1.29, 1.82) is 0 Å². The Morgan fingerprint density at radius 1 is 1.13 bits per heavy atom. The van der Waals surface area contributed by atoms with Crippen molar-refractivity contribution in [3.8, 4) is 0 Å². The van der Waals surface area contributed by atoms with E-state index in [2.05, 4.69) is 33.0 Å². The second-order valence-electron chi connectivity index (χ2n) is 4.45. The zero-order valence-electron chi connectivity index (χ0n) is 10.8. The highest BCUT2D eigenvalue weighted by molar-refractivity contribution is 5.78. The molecular formula is C13H27NO. The minimum absolute atomic E-state index is 0.226. The van der Waals surface area contributed by atoms with Gasteiger partial charge in [-0.3, -0.25) is 4.79 Å². The van der Waals surface area contributed by atoms with E-state index < -0.39 is 0 Å². The summed E-state index contributed by atoms with van der Waals surface area (Å²) >= 11 is 0. The number of hydrogen-bond acceptors (Lipinski definition) is 1. The van der Waals surface area contributed by atoms with Crippen molar-refractivity contribution in [2.45, 2.75) is 72.3 Å². The fraction of sp³-hybridized carbons (Fsp3) is 0.923. The van der Waals surface area contributed by atoms with Crippen molar-refractivity contribution in [1.82, 2.24) is 5.32 Å². The summed E-state index contributed by atoms with van der Waals surface area (Å²) in [5.74, 6) is 0.483. The summed E-state index contributed by atoms with van der Waals surface area (Å²) in [6.45, 7) is 8.51. The van der Waals surface area contributed by atoms with E-state index in [9.17, 15) is 4.79 Å². The van der Waals surface area contributed by atoms with E-state index in [1.165, 1.54) is 6.42 Å². The zero-order chi connectivity index (χ0) is 11.7. The van der Waals surface area contributed by atoms with Gasteiger partial charge in [0.15, 0.2) is 0 Å². The maximum absolute atomic E-state index is 11.9. The fourth-order valence-corrected chi connectivity index (χ4v) is 1.84. The molecule has 0 aliphatic rings. The van der Waals surface area contributed by atoms with Crippen LogP contribution in [0.4, 0.5) is 0 Å². The molecule has 2 atom stereocenters. The highest BCUT2D eigenvalue weighted by Crippen LogP contribution is 2.13. The minimum atomic E-state index is 0.226. The summed E-state index contributed by atoms with van der Waals surface area (Å²) in [5, 5.41) is 3.10. The predicted molar refractivity (Wildman–Crippen MR) is 65.8 cm³/mol. The smallest absolute Gasteiger partial charge is 0.223 e. The standard InChI is InChI=1S/C13H27NO/c1-5-8-10-12(7-3)13(15)14-11(4)9-6-2/h11-12H,5-10H2,1-4H3,(H,14,15)/t11-,12-/m1/s1. The zero-order valence-corrected chi connectivity index (χ0v) is 10.8. The number of carbonyl (C=O) groups is 1. The summed E-state index contributed by atoms with van der Waals surface area (Å²) in [5.41, 5.74) is 0. The molecule has 0 unspecified atom stereocenters. The molecule has 0 rings (SSSR count). The van der Waals surface area contributed by atoms with E-state index in [1.54, 1.807) is 0 Å². The van der Waals surface area contributed by atoms with Crippen LogP contribution < -0.4 is 5.32 Å². The molecule has 2 nitrogen and oxygen atoms in total. The van der Waals surface area contributed by atoms with Gasteiger partial charge in [0.25, 0.3) is 0 Å². The van der Waals surface area contributed by atoms with Crippen LogP contribution in [0.15, 0.2) is 0 Å². The maximum atomic E-state index is 11.9. The third-order valence-corrected chi connectivity index (χ3v) is 2.88. The Bertz CT molecular complexity index is 168. The summed E-state index contributed by atoms with van der Waals surface area (Å²) < 4.78 is 0. The van der Waals surface area contributed by atoms with Gasteiger partial charge < -0.3 is 5.32 Å². The Labute approximate surface area is 94.8 Å². The first-order valence-corrected chi connectivity index (χ1v) is 6.45. The van der Waals surface area contributed by atoms with Crippen molar-refractivity contribution >= 4 is 5.91 Å². The number of unbranched alkanes of at least 4 members (excludes halogenated alkanes) is 1. The lowest BCUT2D eigenvalue weighted by molar-refractivity contribution is -0.126. The van der Waals surface area contributed by atoms with Crippen LogP contribution in [0.5, 0.6) is 0 Å². The molecule has 0 spiro atoms. The molecule has 0 saturated carbocycles. The lowest BCUT2D eigenvalue weighted by Crippen LogP contribution is -2.37. The fourth-order valence-electron chi connectivity index (χ4n) is 1.84. The van der Waals surface area contributed by atoms with Gasteiger partial charge in [-0.1, -0.05) is 40.0 Å². The first-order chi connectivity index (χ1) is 7.15. The van der Waals surface area contributed by atoms with Gasteiger partial charge in [0.05, 0.1) is 0 Å². The molecule has 0 aromatic carbocycles. The van der Waals surface area contributed by atoms with E-state index in [4.69, 9.17) is 0 Å². The predicted octanol–water partition coefficient (Wildman–Crippen LogP) is 3.51. The number of nitrogens with one attached hydrogen (secondary N) is 1. The first-order valence-electron chi connectivity index (χ1n) is 6.45. The molecule has 15 heavy (non-hydrogen) atoms. The number of carbonyl (C=O) groups excluding carboxylic acids is 1. The van der Waals surface area contributed by atoms with E-state index in [0.717, 1.165) is 32.1 Å². The molecule has 0 fully saturated rings. The van der Waals surface area contributed by atoms with Gasteiger partial charge in [-0.2, -0.15) is 0 Å². The molecule has 0 heterocycles. The minimum Gasteiger partial charge on any atom is -0.353 e. The van der Waals surface area contributed by atoms with Gasteiger partial charge in [-0.05, 0) is 26.2 Å². The molecule has 0 aliphatic carbocycles. The van der Waals surface area contributed by atoms with Crippen LogP contribution in [0.3, 0.4) is 0 Å². The van der Waals surface area contributed by atoms with Crippen LogP contribution >= 0.6 is 0 Å². The van der Waals surface area contributed by atoms with Gasteiger partial charge >= 0.3 is 0 Å². The molecule has 1 N–H and O–H groups in total. The topological polar surface area (TPSA) is 29.1 Å². The van der Waals surface area contributed by atoms with E-state index in [1.807, 2.05) is 0 Å². The molecule has 0 aliphatic heterocycles. The second-order valence-corrected chi connectivity index (χ2v) is 4.45. The van der Waals surface area contributed by atoms with Gasteiger partial charge in [0, 0.05) is 12.0 Å². The maximum Gasteiger partial charge on any atom is 0.223 e. The van der Waals surface area contributed by atoms with Crippen molar-refractivity contribution in [3.63, 3.8) is 0 Å². The summed E-state index contributed by atoms with van der Waals surface area (Å²) in [6.07, 6.45) is 6.55. The van der Waals surface area contributed by atoms with Crippen molar-refractivity contribution in [3.05, 3.63) is 0 Å². The van der Waals surface area contributed by atoms with Crippen molar-refractivity contribution < 1.29 is 4.79 Å². The molecular weight excluding hydrogens is 186 g/mol. The Morgan fingerprint density at radius 2 is 1.80 bits per heavy atom. The van der Waals surface area contributed by atoms with E-state index in [0.29, 0.717) is 6.04 Å². The van der Waals surface area contributed by atoms with Gasteiger partial charge in [-0.25, -0.2) is 0 Å².